The Morgan fingerprint density at radius 1 is 0.768 bits per heavy atom. The zero-order chi connectivity index (χ0) is 40.0. The monoisotopic (exact) mass is 766 g/mol. The first-order valence-electron chi connectivity index (χ1n) is 21.3. The number of nitrogen functional groups attached to an aromatic ring is 2. The molecule has 0 aliphatic heterocycles. The van der Waals surface area contributed by atoms with E-state index in [1.54, 1.807) is 43.5 Å². The molecule has 0 saturated heterocycles. The summed E-state index contributed by atoms with van der Waals surface area (Å²) in [4.78, 5) is 26.9. The van der Waals surface area contributed by atoms with E-state index in [9.17, 15) is 9.59 Å². The van der Waals surface area contributed by atoms with Crippen molar-refractivity contribution in [3.05, 3.63) is 83.9 Å². The van der Waals surface area contributed by atoms with Crippen LogP contribution in [0.15, 0.2) is 72.8 Å². The molecule has 4 aliphatic rings. The van der Waals surface area contributed by atoms with E-state index in [0.717, 1.165) is 60.6 Å². The maximum atomic E-state index is 13.7. The first kappa shape index (κ1) is 41.4. The molecule has 0 heterocycles. The number of methoxy groups -OCH3 is 1. The third-order valence-electron chi connectivity index (χ3n) is 14.5. The van der Waals surface area contributed by atoms with Gasteiger partial charge in [0.2, 0.25) is 0 Å². The first-order chi connectivity index (χ1) is 26.8. The van der Waals surface area contributed by atoms with Gasteiger partial charge in [0.15, 0.2) is 0 Å². The van der Waals surface area contributed by atoms with Crippen LogP contribution in [0.3, 0.4) is 0 Å². The van der Waals surface area contributed by atoms with Crippen molar-refractivity contribution in [2.75, 3.05) is 30.9 Å². The number of anilines is 3. The summed E-state index contributed by atoms with van der Waals surface area (Å²) in [7, 11) is 3.51. The molecule has 8 heteroatoms. The molecular formula is C48H67N3O5. The van der Waals surface area contributed by atoms with Crippen LogP contribution in [-0.4, -0.2) is 38.3 Å². The van der Waals surface area contributed by atoms with Crippen LogP contribution in [0.1, 0.15) is 125 Å². The minimum absolute atomic E-state index is 0.118. The minimum Gasteiger partial charge on any atom is -0.497 e. The number of hydrogen-bond donors (Lipinski definition) is 3. The van der Waals surface area contributed by atoms with Crippen molar-refractivity contribution in [2.45, 2.75) is 117 Å². The molecule has 4 aliphatic carbocycles. The van der Waals surface area contributed by atoms with Crippen molar-refractivity contribution in [1.29, 1.82) is 0 Å². The van der Waals surface area contributed by atoms with Crippen molar-refractivity contribution in [1.82, 2.24) is 0 Å². The number of fused-ring (bicyclic) bond motifs is 3. The molecule has 9 atom stereocenters. The summed E-state index contributed by atoms with van der Waals surface area (Å²) in [6.07, 6.45) is 13.5. The summed E-state index contributed by atoms with van der Waals surface area (Å²) >= 11 is 0. The lowest BCUT2D eigenvalue weighted by Gasteiger charge is -2.54. The first-order valence-corrected chi connectivity index (χ1v) is 21.3. The summed E-state index contributed by atoms with van der Waals surface area (Å²) in [5, 5.41) is 3.13. The van der Waals surface area contributed by atoms with Crippen LogP contribution in [0.5, 0.6) is 5.75 Å². The Morgan fingerprint density at radius 3 is 2.02 bits per heavy atom. The molecule has 8 nitrogen and oxygen atoms in total. The lowest BCUT2D eigenvalue weighted by molar-refractivity contribution is -0.116. The molecule has 4 fully saturated rings. The van der Waals surface area contributed by atoms with Crippen molar-refractivity contribution < 1.29 is 23.8 Å². The number of ether oxygens (including phenoxy) is 3. The predicted molar refractivity (Wildman–Crippen MR) is 227 cm³/mol. The molecule has 1 spiro atoms. The van der Waals surface area contributed by atoms with Crippen LogP contribution in [0, 0.1) is 46.3 Å². The topological polar surface area (TPSA) is 126 Å². The highest BCUT2D eigenvalue weighted by Crippen LogP contribution is 2.67. The van der Waals surface area contributed by atoms with Crippen molar-refractivity contribution >= 4 is 29.0 Å². The number of nitrogens with one attached hydrogen (secondary N) is 1. The summed E-state index contributed by atoms with van der Waals surface area (Å²) < 4.78 is 17.7. The molecule has 4 saturated carbocycles. The normalized spacial score (nSPS) is 29.7. The molecule has 2 bridgehead atoms. The van der Waals surface area contributed by atoms with E-state index in [-0.39, 0.29) is 35.5 Å². The number of hydrogen-bond acceptors (Lipinski definition) is 8. The third-order valence-corrected chi connectivity index (χ3v) is 14.5. The van der Waals surface area contributed by atoms with Crippen LogP contribution < -0.4 is 21.5 Å². The molecular weight excluding hydrogens is 699 g/mol. The van der Waals surface area contributed by atoms with E-state index in [0.29, 0.717) is 34.1 Å². The predicted octanol–water partition coefficient (Wildman–Crippen LogP) is 10.8. The average molecular weight is 766 g/mol. The number of carbonyl (C=O) groups excluding carboxylic acids is 2. The number of benzene rings is 3. The Morgan fingerprint density at radius 2 is 1.39 bits per heavy atom. The van der Waals surface area contributed by atoms with Gasteiger partial charge < -0.3 is 31.0 Å². The molecule has 0 radical (unpaired) electrons. The number of rotatable bonds is 11. The van der Waals surface area contributed by atoms with Gasteiger partial charge in [0.05, 0.1) is 18.2 Å². The molecule has 0 aromatic heterocycles. The van der Waals surface area contributed by atoms with Gasteiger partial charge in [-0.1, -0.05) is 47.0 Å². The van der Waals surface area contributed by atoms with Crippen LogP contribution in [0.25, 0.3) is 0 Å². The Hall–Kier alpha value is -4.20. The molecule has 304 valence electrons. The van der Waals surface area contributed by atoms with Crippen LogP contribution >= 0.6 is 0 Å². The van der Waals surface area contributed by atoms with Gasteiger partial charge in [-0.15, -0.1) is 0 Å². The highest BCUT2D eigenvalue weighted by molar-refractivity contribution is 5.90. The van der Waals surface area contributed by atoms with Crippen LogP contribution in [0.2, 0.25) is 0 Å². The zero-order valence-electron chi connectivity index (χ0n) is 34.7. The molecule has 3 aromatic carbocycles. The van der Waals surface area contributed by atoms with Crippen LogP contribution in [0.4, 0.5) is 17.1 Å². The van der Waals surface area contributed by atoms with Crippen molar-refractivity contribution in [2.24, 2.45) is 46.3 Å². The Balaban J connectivity index is 0.000000520. The second-order valence-electron chi connectivity index (χ2n) is 18.2. The van der Waals surface area contributed by atoms with Gasteiger partial charge >= 0.3 is 11.9 Å². The van der Waals surface area contributed by atoms with Crippen molar-refractivity contribution in [3.8, 4) is 5.75 Å². The number of carbonyl (C=O) groups is 2. The van der Waals surface area contributed by atoms with Gasteiger partial charge in [0.1, 0.15) is 18.0 Å². The number of nitrogens with two attached hydrogens (primary N) is 2. The Kier molecular flexibility index (Phi) is 13.3. The van der Waals surface area contributed by atoms with E-state index >= 15 is 0 Å². The fraction of sp³-hybridized carbons (Fsp3) is 0.583. The second-order valence-corrected chi connectivity index (χ2v) is 18.2. The van der Waals surface area contributed by atoms with Gasteiger partial charge in [-0.2, -0.15) is 0 Å². The molecule has 3 aromatic rings. The van der Waals surface area contributed by atoms with E-state index in [2.05, 4.69) is 33.0 Å². The average Bonchev–Trinajstić information content (AvgIpc) is 3.50. The SMILES string of the molecule is CNc1ccc(C(=O)OC2CC3CC4(CCC(OC(=O)c5ccc(N)cc5)CC24)CCC2(C)C(C(C)CCCC(C)C)CCC32)cc1.COc1ccc(N)cc1. The van der Waals surface area contributed by atoms with Gasteiger partial charge in [0.25, 0.3) is 0 Å². The highest BCUT2D eigenvalue weighted by Gasteiger charge is 2.61. The maximum Gasteiger partial charge on any atom is 0.338 e. The van der Waals surface area contributed by atoms with E-state index < -0.39 is 0 Å². The maximum absolute atomic E-state index is 13.7. The zero-order valence-corrected chi connectivity index (χ0v) is 34.7. The smallest absolute Gasteiger partial charge is 0.338 e. The summed E-state index contributed by atoms with van der Waals surface area (Å²) in [6, 6.07) is 21.8. The molecule has 5 N–H and O–H groups in total. The van der Waals surface area contributed by atoms with Gasteiger partial charge in [-0.3, -0.25) is 0 Å². The standard InChI is InChI=1S/C41H58N2O4.C7H9NO/c1-26(2)7-6-8-27(3)34-17-18-35-30-23-37(47-39(45)29-11-15-32(43-5)16-12-29)36-24-33(46-38(44)28-9-13-31(42)14-10-28)19-20-41(36,25-30)22-21-40(34,35)4;1-9-7-4-2-6(8)3-5-7/h9-16,26-27,30,33-37,43H,6-8,17-25,42H2,1-5H3;2-5H,8H2,1H3. The quantitative estimate of drug-likeness (QED) is 0.130. The highest BCUT2D eigenvalue weighted by atomic mass is 16.6. The van der Waals surface area contributed by atoms with E-state index in [1.165, 1.54) is 51.4 Å². The molecule has 56 heavy (non-hydrogen) atoms. The molecule has 9 unspecified atom stereocenters. The van der Waals surface area contributed by atoms with Gasteiger partial charge in [-0.05, 0) is 171 Å². The van der Waals surface area contributed by atoms with Crippen molar-refractivity contribution in [3.63, 3.8) is 0 Å². The fourth-order valence-electron chi connectivity index (χ4n) is 11.5. The summed E-state index contributed by atoms with van der Waals surface area (Å²) in [5.74, 6) is 4.00. The van der Waals surface area contributed by atoms with Crippen LogP contribution in [-0.2, 0) is 9.47 Å². The van der Waals surface area contributed by atoms with Gasteiger partial charge in [-0.25, -0.2) is 9.59 Å². The Bertz CT molecular complexity index is 1740. The second kappa shape index (κ2) is 17.9. The fourth-order valence-corrected chi connectivity index (χ4v) is 11.5. The molecule has 0 amide bonds. The lowest BCUT2D eigenvalue weighted by Crippen LogP contribution is -2.51. The largest absolute Gasteiger partial charge is 0.497 e. The number of esters is 2. The van der Waals surface area contributed by atoms with E-state index in [1.807, 2.05) is 43.4 Å². The Labute approximate surface area is 335 Å². The summed E-state index contributed by atoms with van der Waals surface area (Å²) in [6.45, 7) is 9.84. The third kappa shape index (κ3) is 9.32. The van der Waals surface area contributed by atoms with E-state index in [4.69, 9.17) is 25.7 Å². The molecule has 7 rings (SSSR count). The lowest BCUT2D eigenvalue weighted by atomic mass is 9.54. The van der Waals surface area contributed by atoms with Gasteiger partial charge in [0, 0.05) is 30.0 Å². The minimum atomic E-state index is -0.296. The summed E-state index contributed by atoms with van der Waals surface area (Å²) in [5.41, 5.74) is 15.2.